The van der Waals surface area contributed by atoms with E-state index in [0.717, 1.165) is 31.5 Å². The summed E-state index contributed by atoms with van der Waals surface area (Å²) in [6.07, 6.45) is 2.13. The van der Waals surface area contributed by atoms with Gasteiger partial charge in [0.15, 0.2) is 0 Å². The summed E-state index contributed by atoms with van der Waals surface area (Å²) in [5, 5.41) is 0. The van der Waals surface area contributed by atoms with Crippen LogP contribution in [0, 0.1) is 12.8 Å². The molecule has 0 unspecified atom stereocenters. The second-order valence-electron chi connectivity index (χ2n) is 6.99. The van der Waals surface area contributed by atoms with Crippen LogP contribution in [0.15, 0.2) is 23.1 Å². The molecule has 0 spiro atoms. The predicted octanol–water partition coefficient (Wildman–Crippen LogP) is 1.89. The highest BCUT2D eigenvalue weighted by molar-refractivity contribution is 7.89. The second kappa shape index (κ2) is 7.43. The summed E-state index contributed by atoms with van der Waals surface area (Å²) < 4.78 is 32.4. The van der Waals surface area contributed by atoms with E-state index in [1.807, 2.05) is 11.8 Å². The third-order valence-corrected chi connectivity index (χ3v) is 6.89. The van der Waals surface area contributed by atoms with Crippen molar-refractivity contribution in [3.05, 3.63) is 29.3 Å². The number of likely N-dealkylation sites (tertiary alicyclic amines) is 1. The van der Waals surface area contributed by atoms with E-state index in [-0.39, 0.29) is 10.8 Å². The maximum atomic E-state index is 12.9. The Balaban J connectivity index is 1.88. The van der Waals surface area contributed by atoms with E-state index < -0.39 is 10.0 Å². The van der Waals surface area contributed by atoms with Gasteiger partial charge >= 0.3 is 0 Å². The second-order valence-corrected chi connectivity index (χ2v) is 8.93. The molecule has 2 aliphatic heterocycles. The van der Waals surface area contributed by atoms with E-state index in [1.54, 1.807) is 18.2 Å². The molecule has 0 radical (unpaired) electrons. The van der Waals surface area contributed by atoms with Crippen molar-refractivity contribution in [1.82, 2.24) is 9.21 Å². The van der Waals surface area contributed by atoms with Crippen molar-refractivity contribution in [3.8, 4) is 0 Å². The zero-order chi connectivity index (χ0) is 18.0. The van der Waals surface area contributed by atoms with Crippen molar-refractivity contribution < 1.29 is 17.9 Å². The zero-order valence-corrected chi connectivity index (χ0v) is 15.7. The van der Waals surface area contributed by atoms with Crippen molar-refractivity contribution in [2.75, 3.05) is 39.4 Å². The van der Waals surface area contributed by atoms with E-state index in [4.69, 9.17) is 4.74 Å². The van der Waals surface area contributed by atoms with Crippen molar-refractivity contribution in [3.63, 3.8) is 0 Å². The Morgan fingerprint density at radius 2 is 1.92 bits per heavy atom. The van der Waals surface area contributed by atoms with Gasteiger partial charge in [-0.3, -0.25) is 4.79 Å². The van der Waals surface area contributed by atoms with E-state index in [1.165, 1.54) is 4.31 Å². The van der Waals surface area contributed by atoms with E-state index in [2.05, 4.69) is 6.92 Å². The monoisotopic (exact) mass is 366 g/mol. The molecule has 0 saturated carbocycles. The number of carbonyl (C=O) groups excluding carboxylic acids is 1. The van der Waals surface area contributed by atoms with Crippen molar-refractivity contribution in [2.24, 2.45) is 5.92 Å². The summed E-state index contributed by atoms with van der Waals surface area (Å²) in [6.45, 7) is 6.98. The SMILES string of the molecule is Cc1ccc(S(=O)(=O)N2CCOCC2)cc1C(=O)N1CCC[C@H](C)C1. The molecule has 2 heterocycles. The molecule has 0 aliphatic carbocycles. The zero-order valence-electron chi connectivity index (χ0n) is 14.9. The Morgan fingerprint density at radius 3 is 2.60 bits per heavy atom. The molecule has 138 valence electrons. The van der Waals surface area contributed by atoms with Crippen molar-refractivity contribution >= 4 is 15.9 Å². The van der Waals surface area contributed by atoms with Crippen LogP contribution in [0.1, 0.15) is 35.7 Å². The number of piperidine rings is 1. The van der Waals surface area contributed by atoms with Gasteiger partial charge in [-0.1, -0.05) is 13.0 Å². The number of sulfonamides is 1. The Kier molecular flexibility index (Phi) is 5.46. The molecule has 2 saturated heterocycles. The Morgan fingerprint density at radius 1 is 1.20 bits per heavy atom. The van der Waals surface area contributed by atoms with Gasteiger partial charge in [0.2, 0.25) is 10.0 Å². The number of ether oxygens (including phenoxy) is 1. The normalized spacial score (nSPS) is 22.8. The van der Waals surface area contributed by atoms with Gasteiger partial charge in [-0.2, -0.15) is 4.31 Å². The number of aryl methyl sites for hydroxylation is 1. The molecule has 0 aromatic heterocycles. The molecule has 25 heavy (non-hydrogen) atoms. The lowest BCUT2D eigenvalue weighted by Gasteiger charge is -2.31. The Bertz CT molecular complexity index is 741. The van der Waals surface area contributed by atoms with E-state index in [9.17, 15) is 13.2 Å². The third-order valence-electron chi connectivity index (χ3n) is 4.99. The van der Waals surface area contributed by atoms with Crippen LogP contribution in [0.5, 0.6) is 0 Å². The van der Waals surface area contributed by atoms with Crippen molar-refractivity contribution in [1.29, 1.82) is 0 Å². The first-order valence-corrected chi connectivity index (χ1v) is 10.3. The van der Waals surface area contributed by atoms with Crippen LogP contribution in [-0.2, 0) is 14.8 Å². The minimum atomic E-state index is -3.59. The highest BCUT2D eigenvalue weighted by Crippen LogP contribution is 2.24. The van der Waals surface area contributed by atoms with Gasteiger partial charge in [0.05, 0.1) is 18.1 Å². The molecule has 6 nitrogen and oxygen atoms in total. The first-order chi connectivity index (χ1) is 11.9. The minimum absolute atomic E-state index is 0.0666. The molecule has 1 amide bonds. The minimum Gasteiger partial charge on any atom is -0.379 e. The van der Waals surface area contributed by atoms with Gasteiger partial charge in [-0.05, 0) is 43.4 Å². The number of rotatable bonds is 3. The molecule has 1 aromatic carbocycles. The fourth-order valence-electron chi connectivity index (χ4n) is 3.47. The fourth-order valence-corrected chi connectivity index (χ4v) is 4.91. The highest BCUT2D eigenvalue weighted by atomic mass is 32.2. The topological polar surface area (TPSA) is 66.9 Å². The third kappa shape index (κ3) is 3.88. The fraction of sp³-hybridized carbons (Fsp3) is 0.611. The first kappa shape index (κ1) is 18.4. The summed E-state index contributed by atoms with van der Waals surface area (Å²) in [5.74, 6) is 0.418. The summed E-state index contributed by atoms with van der Waals surface area (Å²) >= 11 is 0. The van der Waals surface area contributed by atoms with Gasteiger partial charge in [0.1, 0.15) is 0 Å². The highest BCUT2D eigenvalue weighted by Gasteiger charge is 2.29. The van der Waals surface area contributed by atoms with Gasteiger partial charge in [-0.15, -0.1) is 0 Å². The lowest BCUT2D eigenvalue weighted by Crippen LogP contribution is -2.41. The average molecular weight is 366 g/mol. The molecule has 2 fully saturated rings. The van der Waals surface area contributed by atoms with Crippen LogP contribution in [0.3, 0.4) is 0 Å². The summed E-state index contributed by atoms with van der Waals surface area (Å²) in [5.41, 5.74) is 1.30. The standard InChI is InChI=1S/C18H26N2O4S/c1-14-4-3-7-19(13-14)18(21)17-12-16(6-5-15(17)2)25(22,23)20-8-10-24-11-9-20/h5-6,12,14H,3-4,7-11,13H2,1-2H3/t14-/m0/s1. The number of benzene rings is 1. The smallest absolute Gasteiger partial charge is 0.254 e. The number of hydrogen-bond acceptors (Lipinski definition) is 4. The van der Waals surface area contributed by atoms with Crippen LogP contribution in [0.4, 0.5) is 0 Å². The van der Waals surface area contributed by atoms with Gasteiger partial charge in [0.25, 0.3) is 5.91 Å². The number of morpholine rings is 1. The number of nitrogens with zero attached hydrogens (tertiary/aromatic N) is 2. The first-order valence-electron chi connectivity index (χ1n) is 8.87. The van der Waals surface area contributed by atoms with Crippen LogP contribution >= 0.6 is 0 Å². The lowest BCUT2D eigenvalue weighted by atomic mass is 9.99. The van der Waals surface area contributed by atoms with Crippen LogP contribution in [0.2, 0.25) is 0 Å². The molecule has 1 aromatic rings. The molecular formula is C18H26N2O4S. The van der Waals surface area contributed by atoms with Crippen molar-refractivity contribution in [2.45, 2.75) is 31.6 Å². The van der Waals surface area contributed by atoms with Crippen LogP contribution < -0.4 is 0 Å². The molecule has 1 atom stereocenters. The molecule has 7 heteroatoms. The van der Waals surface area contributed by atoms with E-state index >= 15 is 0 Å². The average Bonchev–Trinajstić information content (AvgIpc) is 2.62. The molecule has 0 N–H and O–H groups in total. The maximum absolute atomic E-state index is 12.9. The predicted molar refractivity (Wildman–Crippen MR) is 95.1 cm³/mol. The molecule has 2 aliphatic rings. The maximum Gasteiger partial charge on any atom is 0.254 e. The van der Waals surface area contributed by atoms with Gasteiger partial charge in [-0.25, -0.2) is 8.42 Å². The van der Waals surface area contributed by atoms with E-state index in [0.29, 0.717) is 37.8 Å². The molecule has 0 bridgehead atoms. The largest absolute Gasteiger partial charge is 0.379 e. The molecular weight excluding hydrogens is 340 g/mol. The Hall–Kier alpha value is -1.44. The quantitative estimate of drug-likeness (QED) is 0.819. The number of carbonyl (C=O) groups is 1. The summed E-state index contributed by atoms with van der Waals surface area (Å²) in [4.78, 5) is 15.0. The van der Waals surface area contributed by atoms with Gasteiger partial charge < -0.3 is 9.64 Å². The van der Waals surface area contributed by atoms with Crippen LogP contribution in [-0.4, -0.2) is 62.9 Å². The lowest BCUT2D eigenvalue weighted by molar-refractivity contribution is 0.0681. The van der Waals surface area contributed by atoms with Gasteiger partial charge in [0, 0.05) is 31.7 Å². The van der Waals surface area contributed by atoms with Crippen LogP contribution in [0.25, 0.3) is 0 Å². The number of hydrogen-bond donors (Lipinski definition) is 0. The molecule has 3 rings (SSSR count). The summed E-state index contributed by atoms with van der Waals surface area (Å²) in [6, 6.07) is 4.87. The number of amides is 1. The Labute approximate surface area is 149 Å². The summed E-state index contributed by atoms with van der Waals surface area (Å²) in [7, 11) is -3.59.